The van der Waals surface area contributed by atoms with Gasteiger partial charge in [-0.25, -0.2) is 13.9 Å². The van der Waals surface area contributed by atoms with E-state index < -0.39 is 58.0 Å². The highest BCUT2D eigenvalue weighted by Crippen LogP contribution is 2.57. The Kier molecular flexibility index (Phi) is 7.56. The summed E-state index contributed by atoms with van der Waals surface area (Å²) in [6.07, 6.45) is -5.62. The number of ether oxygens (including phenoxy) is 2. The van der Waals surface area contributed by atoms with Crippen LogP contribution in [-0.2, 0) is 29.2 Å². The number of hydrogen-bond donors (Lipinski definition) is 5. The van der Waals surface area contributed by atoms with Crippen molar-refractivity contribution >= 4 is 26.6 Å². The molecular formula is C18H21N3O14P2. The Hall–Kier alpha value is -2.69. The maximum Gasteiger partial charge on any atom is 0.481 e. The minimum atomic E-state index is -5.38. The maximum atomic E-state index is 13.1. The molecule has 17 nitrogen and oxygen atoms in total. The summed E-state index contributed by atoms with van der Waals surface area (Å²) in [6.45, 7) is -1.28. The van der Waals surface area contributed by atoms with Crippen molar-refractivity contribution in [1.82, 2.24) is 14.3 Å². The van der Waals surface area contributed by atoms with E-state index in [1.165, 1.54) is 7.11 Å². The number of phosphoric ester groups is 1. The van der Waals surface area contributed by atoms with E-state index in [4.69, 9.17) is 23.8 Å². The van der Waals surface area contributed by atoms with E-state index in [1.807, 2.05) is 0 Å². The average molecular weight is 565 g/mol. The fourth-order valence-electron chi connectivity index (χ4n) is 3.70. The molecule has 202 valence electrons. The third-order valence-electron chi connectivity index (χ3n) is 5.38. The lowest BCUT2D eigenvalue weighted by Crippen LogP contribution is -2.43. The molecule has 0 amide bonds. The fourth-order valence-corrected chi connectivity index (χ4v) is 5.30. The monoisotopic (exact) mass is 565 g/mol. The highest BCUT2D eigenvalue weighted by molar-refractivity contribution is 7.60. The molecule has 3 aromatic rings. The van der Waals surface area contributed by atoms with Gasteiger partial charge in [0.15, 0.2) is 12.0 Å². The van der Waals surface area contributed by atoms with Gasteiger partial charge in [-0.3, -0.25) is 18.5 Å². The summed E-state index contributed by atoms with van der Waals surface area (Å²) in [5, 5.41) is 25.1. The second kappa shape index (κ2) is 10.2. The average Bonchev–Trinajstić information content (AvgIpc) is 3.35. The molecule has 5 atom stereocenters. The van der Waals surface area contributed by atoms with Crippen LogP contribution in [0.2, 0.25) is 0 Å². The molecular weight excluding hydrogens is 544 g/mol. The van der Waals surface area contributed by atoms with Crippen LogP contribution in [0.3, 0.4) is 0 Å². The molecule has 2 aromatic heterocycles. The highest BCUT2D eigenvalue weighted by Gasteiger charge is 2.46. The molecule has 1 fully saturated rings. The van der Waals surface area contributed by atoms with Crippen molar-refractivity contribution in [3.8, 4) is 5.75 Å². The summed E-state index contributed by atoms with van der Waals surface area (Å²) in [4.78, 5) is 52.3. The van der Waals surface area contributed by atoms with E-state index in [0.29, 0.717) is 16.7 Å². The Morgan fingerprint density at radius 2 is 1.84 bits per heavy atom. The van der Waals surface area contributed by atoms with Gasteiger partial charge in [0, 0.05) is 12.3 Å². The molecule has 2 unspecified atom stereocenters. The third-order valence-corrected chi connectivity index (χ3v) is 7.53. The Bertz CT molecular complexity index is 1510. The van der Waals surface area contributed by atoms with Gasteiger partial charge in [0.1, 0.15) is 24.0 Å². The van der Waals surface area contributed by atoms with Crippen LogP contribution in [0.5, 0.6) is 5.75 Å². The first-order chi connectivity index (χ1) is 17.3. The minimum Gasteiger partial charge on any atom is -0.493 e. The lowest BCUT2D eigenvalue weighted by Gasteiger charge is -2.19. The first-order valence-corrected chi connectivity index (χ1v) is 13.3. The zero-order chi connectivity index (χ0) is 27.1. The summed E-state index contributed by atoms with van der Waals surface area (Å²) in [5.74, 6) is 0.386. The third kappa shape index (κ3) is 5.76. The van der Waals surface area contributed by atoms with Crippen LogP contribution in [-0.4, -0.2) is 71.2 Å². The summed E-state index contributed by atoms with van der Waals surface area (Å²) in [7, 11) is -9.22. The fraction of sp³-hybridized carbons (Fsp3) is 0.389. The second-order valence-electron chi connectivity index (χ2n) is 7.78. The summed E-state index contributed by atoms with van der Waals surface area (Å²) in [5.41, 5.74) is -1.14. The van der Waals surface area contributed by atoms with E-state index in [0.717, 1.165) is 21.4 Å². The maximum absolute atomic E-state index is 13.1. The van der Waals surface area contributed by atoms with Gasteiger partial charge in [-0.05, 0) is 12.1 Å². The first kappa shape index (κ1) is 27.3. The van der Waals surface area contributed by atoms with Gasteiger partial charge in [0.25, 0.3) is 5.56 Å². The molecule has 19 heteroatoms. The standard InChI is InChI=1S/C18H21N3O14P2/c1-31-11-4-2-3-9-10(19-34-16(9)11)7-21-13(22)5-6-20(18(21)25)17-15(24)14(23)12(33-17)8-32-37(29,30)35-36(26,27)28/h2-6,12,14-15,17,23-24H,7-8H2,1H3,(H,29,30)(H2,26,27,28)/t12-,14?,15+,17-/m1/s1. The van der Waals surface area contributed by atoms with Gasteiger partial charge in [-0.1, -0.05) is 11.2 Å². The van der Waals surface area contributed by atoms with E-state index in [1.54, 1.807) is 18.2 Å². The Labute approximate surface area is 205 Å². The van der Waals surface area contributed by atoms with Crippen molar-refractivity contribution in [1.29, 1.82) is 0 Å². The molecule has 1 aliphatic rings. The molecule has 0 spiro atoms. The molecule has 1 aliphatic heterocycles. The lowest BCUT2D eigenvalue weighted by atomic mass is 10.1. The molecule has 1 aromatic carbocycles. The summed E-state index contributed by atoms with van der Waals surface area (Å²) < 4.78 is 47.9. The van der Waals surface area contributed by atoms with Gasteiger partial charge < -0.3 is 38.9 Å². The second-order valence-corrected chi connectivity index (χ2v) is 10.6. The largest absolute Gasteiger partial charge is 0.493 e. The van der Waals surface area contributed by atoms with Crippen LogP contribution >= 0.6 is 15.6 Å². The number of aromatic nitrogens is 3. The number of rotatable bonds is 9. The molecule has 0 bridgehead atoms. The van der Waals surface area contributed by atoms with E-state index in [2.05, 4.69) is 14.0 Å². The van der Waals surface area contributed by atoms with Crippen molar-refractivity contribution < 1.29 is 56.9 Å². The molecule has 5 N–H and O–H groups in total. The Morgan fingerprint density at radius 1 is 1.11 bits per heavy atom. The number of para-hydroxylation sites is 1. The number of methoxy groups -OCH3 is 1. The van der Waals surface area contributed by atoms with Gasteiger partial charge in [0.2, 0.25) is 5.58 Å². The molecule has 1 saturated heterocycles. The number of hydrogen-bond acceptors (Lipinski definition) is 12. The minimum absolute atomic E-state index is 0.230. The number of fused-ring (bicyclic) bond motifs is 1. The number of nitrogens with zero attached hydrogens (tertiary/aromatic N) is 3. The highest BCUT2D eigenvalue weighted by atomic mass is 31.3. The van der Waals surface area contributed by atoms with Gasteiger partial charge in [0.05, 0.1) is 25.6 Å². The summed E-state index contributed by atoms with van der Waals surface area (Å²) in [6, 6.07) is 5.96. The molecule has 3 heterocycles. The SMILES string of the molecule is COc1cccc2c(Cn3c(=O)ccn([C@@H]4O[C@H](COP(=O)(O)OP(=O)(O)O)C(O)[C@@H]4O)c3=O)noc12. The molecule has 0 aliphatic carbocycles. The number of phosphoric acid groups is 2. The normalized spacial score (nSPS) is 23.8. The van der Waals surface area contributed by atoms with Crippen molar-refractivity contribution in [2.75, 3.05) is 13.7 Å². The van der Waals surface area contributed by atoms with Crippen LogP contribution in [0.4, 0.5) is 0 Å². The van der Waals surface area contributed by atoms with Crippen molar-refractivity contribution in [3.63, 3.8) is 0 Å². The molecule has 0 radical (unpaired) electrons. The van der Waals surface area contributed by atoms with Crippen LogP contribution < -0.4 is 16.0 Å². The van der Waals surface area contributed by atoms with E-state index in [9.17, 15) is 33.8 Å². The van der Waals surface area contributed by atoms with E-state index >= 15 is 0 Å². The van der Waals surface area contributed by atoms with Crippen LogP contribution in [0.1, 0.15) is 11.9 Å². The van der Waals surface area contributed by atoms with E-state index in [-0.39, 0.29) is 12.2 Å². The van der Waals surface area contributed by atoms with Crippen molar-refractivity contribution in [3.05, 3.63) is 57.0 Å². The first-order valence-electron chi connectivity index (χ1n) is 10.3. The zero-order valence-corrected chi connectivity index (χ0v) is 20.5. The topological polar surface area (TPSA) is 242 Å². The predicted molar refractivity (Wildman–Crippen MR) is 119 cm³/mol. The summed E-state index contributed by atoms with van der Waals surface area (Å²) >= 11 is 0. The van der Waals surface area contributed by atoms with Gasteiger partial charge in [-0.2, -0.15) is 4.31 Å². The Morgan fingerprint density at radius 3 is 2.51 bits per heavy atom. The number of benzene rings is 1. The van der Waals surface area contributed by atoms with Gasteiger partial charge in [-0.15, -0.1) is 0 Å². The van der Waals surface area contributed by atoms with Gasteiger partial charge >= 0.3 is 21.3 Å². The molecule has 4 rings (SSSR count). The predicted octanol–water partition coefficient (Wildman–Crippen LogP) is -0.946. The van der Waals surface area contributed by atoms with Crippen LogP contribution in [0, 0.1) is 0 Å². The number of aliphatic hydroxyl groups excluding tert-OH is 2. The van der Waals surface area contributed by atoms with Crippen molar-refractivity contribution in [2.24, 2.45) is 0 Å². The number of aliphatic hydroxyl groups is 2. The molecule has 0 saturated carbocycles. The Balaban J connectivity index is 1.58. The quantitative estimate of drug-likeness (QED) is 0.197. The lowest BCUT2D eigenvalue weighted by molar-refractivity contribution is -0.0547. The van der Waals surface area contributed by atoms with Crippen molar-refractivity contribution in [2.45, 2.75) is 31.1 Å². The molecule has 37 heavy (non-hydrogen) atoms. The zero-order valence-electron chi connectivity index (χ0n) is 18.8. The van der Waals surface area contributed by atoms with Crippen LogP contribution in [0.15, 0.2) is 44.6 Å². The smallest absolute Gasteiger partial charge is 0.481 e. The van der Waals surface area contributed by atoms with Crippen LogP contribution in [0.25, 0.3) is 11.0 Å².